The molecule has 0 aromatic rings. The monoisotopic (exact) mass is 446 g/mol. The van der Waals surface area contributed by atoms with Crippen LogP contribution in [-0.2, 0) is 4.79 Å². The van der Waals surface area contributed by atoms with E-state index >= 15 is 0 Å². The highest BCUT2D eigenvalue weighted by molar-refractivity contribution is 5.95. The molecule has 182 valence electrons. The van der Waals surface area contributed by atoms with Crippen molar-refractivity contribution in [3.63, 3.8) is 0 Å². The first-order valence-corrected chi connectivity index (χ1v) is 13.1. The molecule has 4 nitrogen and oxygen atoms in total. The summed E-state index contributed by atoms with van der Waals surface area (Å²) in [6.45, 7) is 12.8. The van der Waals surface area contributed by atoms with Gasteiger partial charge in [0.1, 0.15) is 0 Å². The van der Waals surface area contributed by atoms with Gasteiger partial charge in [-0.15, -0.1) is 0 Å². The lowest BCUT2D eigenvalue weighted by molar-refractivity contribution is -0.141. The van der Waals surface area contributed by atoms with Crippen molar-refractivity contribution in [3.8, 4) is 0 Å². The fourth-order valence-corrected chi connectivity index (χ4v) is 8.34. The van der Waals surface area contributed by atoms with E-state index in [1.807, 2.05) is 19.9 Å². The number of allylic oxidation sites excluding steroid dienone is 1. The third-order valence-electron chi connectivity index (χ3n) is 11.1. The number of carbonyl (C=O) groups is 1. The number of hydrogen-bond donors (Lipinski definition) is 3. The van der Waals surface area contributed by atoms with Gasteiger partial charge in [0.25, 0.3) is 0 Å². The van der Waals surface area contributed by atoms with E-state index in [4.69, 9.17) is 0 Å². The first-order valence-electron chi connectivity index (χ1n) is 13.1. The molecule has 4 aliphatic rings. The van der Waals surface area contributed by atoms with Crippen molar-refractivity contribution in [2.24, 2.45) is 40.4 Å². The number of aliphatic hydroxyl groups excluding tert-OH is 1. The lowest BCUT2D eigenvalue weighted by Crippen LogP contribution is -2.59. The van der Waals surface area contributed by atoms with Crippen molar-refractivity contribution in [3.05, 3.63) is 11.6 Å². The Morgan fingerprint density at radius 1 is 1.06 bits per heavy atom. The quantitative estimate of drug-likeness (QED) is 0.553. The summed E-state index contributed by atoms with van der Waals surface area (Å²) in [5, 5.41) is 32.8. The summed E-state index contributed by atoms with van der Waals surface area (Å²) in [4.78, 5) is 13.2. The number of rotatable bonds is 5. The van der Waals surface area contributed by atoms with Gasteiger partial charge in [-0.3, -0.25) is 4.79 Å². The van der Waals surface area contributed by atoms with Crippen LogP contribution in [0.1, 0.15) is 99.3 Å². The third kappa shape index (κ3) is 3.55. The Bertz CT molecular complexity index is 781. The minimum atomic E-state index is -0.892. The van der Waals surface area contributed by atoms with Crippen molar-refractivity contribution in [2.45, 2.75) is 117 Å². The summed E-state index contributed by atoms with van der Waals surface area (Å²) in [5.74, 6) is 1.42. The van der Waals surface area contributed by atoms with E-state index in [1.165, 1.54) is 0 Å². The Hall–Kier alpha value is -0.710. The molecule has 4 aliphatic carbocycles. The first-order chi connectivity index (χ1) is 14.7. The summed E-state index contributed by atoms with van der Waals surface area (Å²) in [7, 11) is 0. The molecule has 0 amide bonds. The van der Waals surface area contributed by atoms with E-state index in [0.717, 1.165) is 56.9 Å². The molecule has 0 saturated heterocycles. The maximum absolute atomic E-state index is 13.2. The number of ketones is 1. The molecule has 3 fully saturated rings. The van der Waals surface area contributed by atoms with Crippen LogP contribution in [0.3, 0.4) is 0 Å². The molecule has 9 atom stereocenters. The Labute approximate surface area is 194 Å². The fraction of sp³-hybridized carbons (Fsp3) is 0.893. The maximum Gasteiger partial charge on any atom is 0.159 e. The molecular weight excluding hydrogens is 400 g/mol. The van der Waals surface area contributed by atoms with Gasteiger partial charge in [-0.25, -0.2) is 0 Å². The average Bonchev–Trinajstić information content (AvgIpc) is 2.98. The van der Waals surface area contributed by atoms with Crippen LogP contribution in [0.25, 0.3) is 0 Å². The van der Waals surface area contributed by atoms with Crippen LogP contribution in [-0.4, -0.2) is 38.4 Å². The molecule has 0 bridgehead atoms. The predicted molar refractivity (Wildman–Crippen MR) is 127 cm³/mol. The second-order valence-electron chi connectivity index (χ2n) is 13.1. The van der Waals surface area contributed by atoms with E-state index in [-0.39, 0.29) is 40.5 Å². The minimum Gasteiger partial charge on any atom is -0.393 e. The van der Waals surface area contributed by atoms with Crippen LogP contribution >= 0.6 is 0 Å². The summed E-state index contributed by atoms with van der Waals surface area (Å²) < 4.78 is 0. The van der Waals surface area contributed by atoms with E-state index in [1.54, 1.807) is 0 Å². The standard InChI is InChI=1S/C28H46O4/c1-17(7-8-18(2)25(3,4)31)20-11-14-28(32)22-16-24(30)23-15-19(29)9-12-26(23,5)21(22)10-13-27(20,28)6/h16-21,23,29,31-32H,7-15H2,1-6H3. The Kier molecular flexibility index (Phi) is 6.04. The van der Waals surface area contributed by atoms with Crippen molar-refractivity contribution in [2.75, 3.05) is 0 Å². The van der Waals surface area contributed by atoms with Crippen LogP contribution in [0.5, 0.6) is 0 Å². The summed E-state index contributed by atoms with van der Waals surface area (Å²) in [5.41, 5.74) is -0.874. The average molecular weight is 447 g/mol. The Morgan fingerprint density at radius 3 is 2.41 bits per heavy atom. The van der Waals surface area contributed by atoms with Crippen LogP contribution in [0.4, 0.5) is 0 Å². The molecule has 3 saturated carbocycles. The van der Waals surface area contributed by atoms with Crippen LogP contribution < -0.4 is 0 Å². The molecule has 0 aromatic carbocycles. The van der Waals surface area contributed by atoms with Crippen LogP contribution in [0.15, 0.2) is 11.6 Å². The van der Waals surface area contributed by atoms with Crippen molar-refractivity contribution < 1.29 is 20.1 Å². The predicted octanol–water partition coefficient (Wildman–Crippen LogP) is 5.04. The van der Waals surface area contributed by atoms with Gasteiger partial charge in [-0.1, -0.05) is 34.1 Å². The lowest BCUT2D eigenvalue weighted by atomic mass is 9.46. The van der Waals surface area contributed by atoms with Gasteiger partial charge in [0.15, 0.2) is 5.78 Å². The highest BCUT2D eigenvalue weighted by Gasteiger charge is 2.66. The number of hydrogen-bond acceptors (Lipinski definition) is 4. The fourth-order valence-electron chi connectivity index (χ4n) is 8.34. The van der Waals surface area contributed by atoms with Gasteiger partial charge in [0.2, 0.25) is 0 Å². The normalized spacial score (nSPS) is 46.0. The molecule has 9 unspecified atom stereocenters. The SMILES string of the molecule is CC(CCC(C)C(C)(C)O)C1CCC2(O)C3=CC(=O)C4CC(O)CCC4(C)C3CCC12C. The molecule has 0 radical (unpaired) electrons. The zero-order valence-corrected chi connectivity index (χ0v) is 21.2. The number of fused-ring (bicyclic) bond motifs is 5. The summed E-state index contributed by atoms with van der Waals surface area (Å²) in [6, 6.07) is 0. The second-order valence-corrected chi connectivity index (χ2v) is 13.1. The second kappa shape index (κ2) is 7.92. The van der Waals surface area contributed by atoms with Gasteiger partial charge < -0.3 is 15.3 Å². The molecule has 4 heteroatoms. The molecule has 3 N–H and O–H groups in total. The van der Waals surface area contributed by atoms with Crippen molar-refractivity contribution >= 4 is 5.78 Å². The van der Waals surface area contributed by atoms with Crippen molar-refractivity contribution in [1.29, 1.82) is 0 Å². The zero-order valence-electron chi connectivity index (χ0n) is 21.2. The third-order valence-corrected chi connectivity index (χ3v) is 11.1. The molecule has 0 aromatic heterocycles. The highest BCUT2D eigenvalue weighted by atomic mass is 16.3. The molecule has 32 heavy (non-hydrogen) atoms. The summed E-state index contributed by atoms with van der Waals surface area (Å²) >= 11 is 0. The Morgan fingerprint density at radius 2 is 1.75 bits per heavy atom. The molecule has 0 heterocycles. The largest absolute Gasteiger partial charge is 0.393 e. The minimum absolute atomic E-state index is 0.104. The van der Waals surface area contributed by atoms with Gasteiger partial charge in [-0.05, 0) is 106 Å². The van der Waals surface area contributed by atoms with Crippen LogP contribution in [0, 0.1) is 40.4 Å². The maximum atomic E-state index is 13.2. The van der Waals surface area contributed by atoms with E-state index in [0.29, 0.717) is 18.3 Å². The van der Waals surface area contributed by atoms with Gasteiger partial charge in [0, 0.05) is 11.3 Å². The lowest BCUT2D eigenvalue weighted by Gasteiger charge is -2.59. The highest BCUT2D eigenvalue weighted by Crippen LogP contribution is 2.68. The van der Waals surface area contributed by atoms with Gasteiger partial charge in [-0.2, -0.15) is 0 Å². The number of carbonyl (C=O) groups excluding carboxylic acids is 1. The van der Waals surface area contributed by atoms with Gasteiger partial charge in [0.05, 0.1) is 17.3 Å². The summed E-state index contributed by atoms with van der Waals surface area (Å²) in [6.07, 6.45) is 9.48. The van der Waals surface area contributed by atoms with Gasteiger partial charge >= 0.3 is 0 Å². The van der Waals surface area contributed by atoms with Crippen LogP contribution in [0.2, 0.25) is 0 Å². The van der Waals surface area contributed by atoms with E-state index < -0.39 is 11.2 Å². The zero-order chi connectivity index (χ0) is 23.7. The molecular formula is C28H46O4. The van der Waals surface area contributed by atoms with Crippen molar-refractivity contribution in [1.82, 2.24) is 0 Å². The molecule has 0 spiro atoms. The molecule has 4 rings (SSSR count). The molecule has 0 aliphatic heterocycles. The smallest absolute Gasteiger partial charge is 0.159 e. The Balaban J connectivity index is 1.59. The number of aliphatic hydroxyl groups is 3. The van der Waals surface area contributed by atoms with E-state index in [9.17, 15) is 20.1 Å². The topological polar surface area (TPSA) is 77.8 Å². The first kappa shape index (κ1) is 24.4. The van der Waals surface area contributed by atoms with E-state index in [2.05, 4.69) is 27.7 Å².